The number of rotatable bonds is 2. The van der Waals surface area contributed by atoms with Crippen molar-refractivity contribution >= 4 is 34.4 Å². The molecule has 0 bridgehead atoms. The van der Waals surface area contributed by atoms with Gasteiger partial charge in [-0.15, -0.1) is 0 Å². The van der Waals surface area contributed by atoms with Crippen LogP contribution in [0, 0.1) is 3.57 Å². The van der Waals surface area contributed by atoms with Crippen LogP contribution in [0.1, 0.15) is 16.7 Å². The fourth-order valence-electron chi connectivity index (χ4n) is 2.08. The minimum Gasteiger partial charge on any atom is -0.280 e. The van der Waals surface area contributed by atoms with E-state index in [9.17, 15) is 0 Å². The molecule has 1 nitrogen and oxygen atoms in total. The van der Waals surface area contributed by atoms with Crippen molar-refractivity contribution < 1.29 is 0 Å². The first-order valence-corrected chi connectivity index (χ1v) is 6.97. The Morgan fingerprint density at radius 1 is 1.00 bits per heavy atom. The van der Waals surface area contributed by atoms with E-state index in [0.29, 0.717) is 0 Å². The van der Waals surface area contributed by atoms with Gasteiger partial charge in [-0.2, -0.15) is 0 Å². The van der Waals surface area contributed by atoms with Crippen LogP contribution in [-0.4, -0.2) is 5.71 Å². The summed E-state index contributed by atoms with van der Waals surface area (Å²) in [6.45, 7) is 0.806. The van der Waals surface area contributed by atoms with Crippen LogP contribution in [0.5, 0.6) is 0 Å². The zero-order valence-electron chi connectivity index (χ0n) is 9.81. The molecule has 0 atom stereocenters. The molecule has 1 aliphatic heterocycles. The molecular weight excluding hydrogens is 333 g/mol. The summed E-state index contributed by atoms with van der Waals surface area (Å²) in [6, 6.07) is 16.8. The van der Waals surface area contributed by atoms with Gasteiger partial charge in [0.1, 0.15) is 0 Å². The second-order valence-electron chi connectivity index (χ2n) is 4.25. The number of hydrogen-bond donors (Lipinski definition) is 0. The highest BCUT2D eigenvalue weighted by Gasteiger charge is 2.13. The summed E-state index contributed by atoms with van der Waals surface area (Å²) >= 11 is 2.34. The Balaban J connectivity index is 1.87. The molecule has 0 N–H and O–H groups in total. The Bertz CT molecular complexity index is 627. The van der Waals surface area contributed by atoms with Crippen LogP contribution in [-0.2, 0) is 6.54 Å². The lowest BCUT2D eigenvalue weighted by molar-refractivity contribution is 1.11. The van der Waals surface area contributed by atoms with E-state index in [2.05, 4.69) is 70.1 Å². The quantitative estimate of drug-likeness (QED) is 0.720. The van der Waals surface area contributed by atoms with Crippen LogP contribution < -0.4 is 0 Å². The maximum absolute atomic E-state index is 4.59. The summed E-state index contributed by atoms with van der Waals surface area (Å²) in [4.78, 5) is 4.59. The van der Waals surface area contributed by atoms with E-state index in [1.165, 1.54) is 20.3 Å². The third-order valence-corrected chi connectivity index (χ3v) is 3.67. The number of fused-ring (bicyclic) bond motifs is 1. The van der Waals surface area contributed by atoms with Gasteiger partial charge in [-0.3, -0.25) is 4.99 Å². The molecule has 18 heavy (non-hydrogen) atoms. The normalized spacial score (nSPS) is 13.7. The highest BCUT2D eigenvalue weighted by atomic mass is 127. The lowest BCUT2D eigenvalue weighted by atomic mass is 10.1. The molecule has 0 aliphatic carbocycles. The minimum atomic E-state index is 0.806. The molecule has 88 valence electrons. The summed E-state index contributed by atoms with van der Waals surface area (Å²) in [6.07, 6.45) is 4.22. The van der Waals surface area contributed by atoms with Gasteiger partial charge in [0.25, 0.3) is 0 Å². The van der Waals surface area contributed by atoms with Crippen molar-refractivity contribution in [2.24, 2.45) is 4.99 Å². The highest BCUT2D eigenvalue weighted by molar-refractivity contribution is 14.1. The van der Waals surface area contributed by atoms with Crippen LogP contribution in [0.2, 0.25) is 0 Å². The Morgan fingerprint density at radius 3 is 2.67 bits per heavy atom. The fraction of sp³-hybridized carbons (Fsp3) is 0.0625. The molecule has 0 amide bonds. The van der Waals surface area contributed by atoms with Gasteiger partial charge in [-0.1, -0.05) is 42.5 Å². The van der Waals surface area contributed by atoms with Gasteiger partial charge in [0.15, 0.2) is 0 Å². The predicted octanol–water partition coefficient (Wildman–Crippen LogP) is 4.31. The molecule has 0 saturated heterocycles. The molecule has 0 fully saturated rings. The molecule has 2 aromatic carbocycles. The number of aliphatic imine (C=N–C) groups is 1. The number of hydrogen-bond acceptors (Lipinski definition) is 1. The van der Waals surface area contributed by atoms with Crippen molar-refractivity contribution in [2.45, 2.75) is 6.54 Å². The minimum absolute atomic E-state index is 0.806. The largest absolute Gasteiger partial charge is 0.280 e. The van der Waals surface area contributed by atoms with Crippen LogP contribution >= 0.6 is 22.6 Å². The Kier molecular flexibility index (Phi) is 3.28. The van der Waals surface area contributed by atoms with Gasteiger partial charge >= 0.3 is 0 Å². The van der Waals surface area contributed by atoms with E-state index in [1.807, 2.05) is 18.2 Å². The van der Waals surface area contributed by atoms with Gasteiger partial charge < -0.3 is 0 Å². The number of halogens is 1. The molecule has 2 heteroatoms. The maximum atomic E-state index is 4.59. The monoisotopic (exact) mass is 345 g/mol. The average Bonchev–Trinajstić information content (AvgIpc) is 2.80. The van der Waals surface area contributed by atoms with Gasteiger partial charge in [0.2, 0.25) is 0 Å². The maximum Gasteiger partial charge on any atom is 0.0654 e. The molecular formula is C16H12IN. The third kappa shape index (κ3) is 2.38. The van der Waals surface area contributed by atoms with Gasteiger partial charge in [-0.25, -0.2) is 0 Å². The van der Waals surface area contributed by atoms with Crippen LogP contribution in [0.3, 0.4) is 0 Å². The molecule has 0 saturated carbocycles. The number of nitrogens with zero attached hydrogens (tertiary/aromatic N) is 1. The molecule has 0 unspecified atom stereocenters. The fourth-order valence-corrected chi connectivity index (χ4v) is 2.64. The van der Waals surface area contributed by atoms with E-state index in [-0.39, 0.29) is 0 Å². The van der Waals surface area contributed by atoms with Crippen molar-refractivity contribution in [3.63, 3.8) is 0 Å². The summed E-state index contributed by atoms with van der Waals surface area (Å²) < 4.78 is 1.27. The SMILES string of the molecule is Ic1ccc2c(c1)CN=C2/C=C/c1ccccc1. The van der Waals surface area contributed by atoms with Crippen molar-refractivity contribution in [3.05, 3.63) is 74.9 Å². The van der Waals surface area contributed by atoms with Crippen LogP contribution in [0.4, 0.5) is 0 Å². The van der Waals surface area contributed by atoms with Crippen LogP contribution in [0.25, 0.3) is 6.08 Å². The highest BCUT2D eigenvalue weighted by Crippen LogP contribution is 2.22. The van der Waals surface area contributed by atoms with E-state index in [0.717, 1.165) is 12.3 Å². The average molecular weight is 345 g/mol. The van der Waals surface area contributed by atoms with Crippen LogP contribution in [0.15, 0.2) is 59.6 Å². The Morgan fingerprint density at radius 2 is 1.83 bits per heavy atom. The second-order valence-corrected chi connectivity index (χ2v) is 5.49. The molecule has 1 aliphatic rings. The topological polar surface area (TPSA) is 12.4 Å². The van der Waals surface area contributed by atoms with Crippen molar-refractivity contribution in [1.29, 1.82) is 0 Å². The first-order chi connectivity index (χ1) is 8.83. The second kappa shape index (κ2) is 5.06. The lowest BCUT2D eigenvalue weighted by Gasteiger charge is -2.00. The molecule has 2 aromatic rings. The standard InChI is InChI=1S/C16H12IN/c17-14-7-8-15-13(10-14)11-18-16(15)9-6-12-4-2-1-3-5-12/h1-10H,11H2/b9-6+. The summed E-state index contributed by atoms with van der Waals surface area (Å²) in [5, 5.41) is 0. The van der Waals surface area contributed by atoms with E-state index in [4.69, 9.17) is 0 Å². The predicted molar refractivity (Wildman–Crippen MR) is 84.9 cm³/mol. The van der Waals surface area contributed by atoms with E-state index >= 15 is 0 Å². The third-order valence-electron chi connectivity index (χ3n) is 3.00. The zero-order valence-corrected chi connectivity index (χ0v) is 12.0. The number of benzene rings is 2. The smallest absolute Gasteiger partial charge is 0.0654 e. The summed E-state index contributed by atoms with van der Waals surface area (Å²) in [7, 11) is 0. The molecule has 0 radical (unpaired) electrons. The first kappa shape index (κ1) is 11.7. The molecule has 0 aromatic heterocycles. The molecule has 3 rings (SSSR count). The lowest BCUT2D eigenvalue weighted by Crippen LogP contribution is -1.93. The van der Waals surface area contributed by atoms with Gasteiger partial charge in [-0.05, 0) is 51.9 Å². The van der Waals surface area contributed by atoms with Crippen molar-refractivity contribution in [2.75, 3.05) is 0 Å². The summed E-state index contributed by atoms with van der Waals surface area (Å²) in [5.74, 6) is 0. The van der Waals surface area contributed by atoms with Crippen molar-refractivity contribution in [1.82, 2.24) is 0 Å². The summed E-state index contributed by atoms with van der Waals surface area (Å²) in [5.41, 5.74) is 4.89. The number of allylic oxidation sites excluding steroid dienone is 1. The van der Waals surface area contributed by atoms with Gasteiger partial charge in [0.05, 0.1) is 12.3 Å². The first-order valence-electron chi connectivity index (χ1n) is 5.89. The van der Waals surface area contributed by atoms with Gasteiger partial charge in [0, 0.05) is 9.13 Å². The molecule has 0 spiro atoms. The van der Waals surface area contributed by atoms with Crippen molar-refractivity contribution in [3.8, 4) is 0 Å². The van der Waals surface area contributed by atoms with E-state index in [1.54, 1.807) is 0 Å². The van der Waals surface area contributed by atoms with E-state index < -0.39 is 0 Å². The Hall–Kier alpha value is -1.42. The Labute approximate surface area is 120 Å². The zero-order chi connectivity index (χ0) is 12.4. The molecule has 1 heterocycles.